The van der Waals surface area contributed by atoms with E-state index in [1.807, 2.05) is 6.08 Å². The number of nitrogen functional groups attached to an aromatic ring is 1. The molecule has 6 heteroatoms. The highest BCUT2D eigenvalue weighted by Crippen LogP contribution is 2.81. The standard InChI is InChI=1S/C13H13BF3N2/c15-13(16,17)8-3-7(4-9(18)5-8)10(19)1-2-12-6-11(12)14-12/h1-5,10-11H,6,18-19H2/b2-1-. The van der Waals surface area contributed by atoms with Crippen LogP contribution in [0.15, 0.2) is 30.4 Å². The quantitative estimate of drug-likeness (QED) is 0.501. The molecule has 2 nitrogen and oxygen atoms in total. The van der Waals surface area contributed by atoms with Crippen LogP contribution in [0.5, 0.6) is 0 Å². The first-order chi connectivity index (χ1) is 8.80. The Morgan fingerprint density at radius 2 is 2.00 bits per heavy atom. The average molecular weight is 265 g/mol. The van der Waals surface area contributed by atoms with Crippen molar-refractivity contribution in [3.05, 3.63) is 41.5 Å². The SMILES string of the molecule is Nc1cc(C(N)/C=C\C23[B]C2C3)cc(C(F)(F)F)c1. The molecule has 1 aliphatic carbocycles. The zero-order chi connectivity index (χ0) is 13.8. The topological polar surface area (TPSA) is 52.0 Å². The number of rotatable bonds is 3. The second kappa shape index (κ2) is 3.79. The van der Waals surface area contributed by atoms with Gasteiger partial charge in [0.05, 0.1) is 5.56 Å². The Balaban J connectivity index is 1.82. The lowest BCUT2D eigenvalue weighted by Crippen LogP contribution is -2.12. The van der Waals surface area contributed by atoms with Crippen LogP contribution in [-0.4, -0.2) is 7.28 Å². The molecule has 1 aliphatic heterocycles. The Kier molecular flexibility index (Phi) is 2.51. The van der Waals surface area contributed by atoms with Crippen molar-refractivity contribution < 1.29 is 13.2 Å². The summed E-state index contributed by atoms with van der Waals surface area (Å²) >= 11 is 0. The van der Waals surface area contributed by atoms with Gasteiger partial charge in [0.1, 0.15) is 7.28 Å². The largest absolute Gasteiger partial charge is 0.416 e. The number of hydrogen-bond donors (Lipinski definition) is 2. The molecule has 3 unspecified atom stereocenters. The van der Waals surface area contributed by atoms with Gasteiger partial charge in [0.15, 0.2) is 0 Å². The van der Waals surface area contributed by atoms with Gasteiger partial charge < -0.3 is 11.5 Å². The van der Waals surface area contributed by atoms with Gasteiger partial charge in [-0.25, -0.2) is 0 Å². The van der Waals surface area contributed by atoms with Crippen molar-refractivity contribution >= 4 is 13.0 Å². The van der Waals surface area contributed by atoms with Crippen LogP contribution >= 0.6 is 0 Å². The van der Waals surface area contributed by atoms with E-state index in [4.69, 9.17) is 11.5 Å². The van der Waals surface area contributed by atoms with Crippen molar-refractivity contribution in [3.63, 3.8) is 0 Å². The summed E-state index contributed by atoms with van der Waals surface area (Å²) in [5.74, 6) is 0.669. The van der Waals surface area contributed by atoms with E-state index in [0.29, 0.717) is 11.4 Å². The number of benzene rings is 1. The Morgan fingerprint density at radius 1 is 1.37 bits per heavy atom. The zero-order valence-corrected chi connectivity index (χ0v) is 10.1. The highest BCUT2D eigenvalue weighted by atomic mass is 19.4. The summed E-state index contributed by atoms with van der Waals surface area (Å²) in [6.07, 6.45) is 0.496. The summed E-state index contributed by atoms with van der Waals surface area (Å²) < 4.78 is 38.1. The molecule has 1 radical (unpaired) electrons. The van der Waals surface area contributed by atoms with E-state index in [-0.39, 0.29) is 11.0 Å². The molecular weight excluding hydrogens is 252 g/mol. The van der Waals surface area contributed by atoms with Crippen LogP contribution < -0.4 is 11.5 Å². The minimum Gasteiger partial charge on any atom is -0.399 e. The van der Waals surface area contributed by atoms with Crippen molar-refractivity contribution in [3.8, 4) is 0 Å². The number of halogens is 3. The van der Waals surface area contributed by atoms with E-state index >= 15 is 0 Å². The first-order valence-corrected chi connectivity index (χ1v) is 6.09. The molecular formula is C13H13BF3N2. The minimum atomic E-state index is -4.40. The Morgan fingerprint density at radius 3 is 2.53 bits per heavy atom. The molecule has 2 fully saturated rings. The third-order valence-electron chi connectivity index (χ3n) is 3.81. The molecule has 2 aliphatic rings. The maximum absolute atomic E-state index is 12.7. The Labute approximate surface area is 109 Å². The molecule has 1 heterocycles. The molecule has 1 saturated carbocycles. The Hall–Kier alpha value is -1.43. The zero-order valence-electron chi connectivity index (χ0n) is 10.1. The normalized spacial score (nSPS) is 29.8. The molecule has 4 N–H and O–H groups in total. The monoisotopic (exact) mass is 265 g/mol. The van der Waals surface area contributed by atoms with E-state index in [9.17, 15) is 13.2 Å². The van der Waals surface area contributed by atoms with Crippen LogP contribution in [0.2, 0.25) is 11.1 Å². The third kappa shape index (κ3) is 2.37. The van der Waals surface area contributed by atoms with E-state index < -0.39 is 17.8 Å². The van der Waals surface area contributed by atoms with Gasteiger partial charge in [0.2, 0.25) is 0 Å². The summed E-state index contributed by atoms with van der Waals surface area (Å²) in [5.41, 5.74) is 11.1. The predicted molar refractivity (Wildman–Crippen MR) is 68.7 cm³/mol. The molecule has 3 atom stereocenters. The van der Waals surface area contributed by atoms with Gasteiger partial charge in [0, 0.05) is 11.7 Å². The second-order valence-electron chi connectivity index (χ2n) is 5.36. The lowest BCUT2D eigenvalue weighted by atomic mass is 9.80. The van der Waals surface area contributed by atoms with Crippen LogP contribution in [0, 0.1) is 0 Å². The summed E-state index contributed by atoms with van der Waals surface area (Å²) in [7, 11) is 2.21. The lowest BCUT2D eigenvalue weighted by molar-refractivity contribution is -0.137. The van der Waals surface area contributed by atoms with Crippen molar-refractivity contribution in [2.24, 2.45) is 5.73 Å². The van der Waals surface area contributed by atoms with Gasteiger partial charge in [-0.2, -0.15) is 13.2 Å². The minimum absolute atomic E-state index is 0.0779. The van der Waals surface area contributed by atoms with Crippen LogP contribution in [0.25, 0.3) is 0 Å². The first kappa shape index (κ1) is 12.6. The van der Waals surface area contributed by atoms with Crippen LogP contribution in [0.1, 0.15) is 23.6 Å². The molecule has 0 bridgehead atoms. The van der Waals surface area contributed by atoms with Crippen LogP contribution in [0.3, 0.4) is 0 Å². The van der Waals surface area contributed by atoms with E-state index in [1.165, 1.54) is 6.07 Å². The molecule has 0 spiro atoms. The summed E-state index contributed by atoms with van der Waals surface area (Å²) in [5, 5.41) is 0.213. The van der Waals surface area contributed by atoms with Gasteiger partial charge in [-0.15, -0.1) is 0 Å². The summed E-state index contributed by atoms with van der Waals surface area (Å²) in [6.45, 7) is 0. The van der Waals surface area contributed by atoms with Crippen molar-refractivity contribution in [2.75, 3.05) is 5.73 Å². The lowest BCUT2D eigenvalue weighted by Gasteiger charge is -2.13. The van der Waals surface area contributed by atoms with Gasteiger partial charge in [0.25, 0.3) is 0 Å². The fraction of sp³-hybridized carbons (Fsp3) is 0.385. The summed E-state index contributed by atoms with van der Waals surface area (Å²) in [4.78, 5) is 0. The smallest absolute Gasteiger partial charge is 0.399 e. The number of alkyl halides is 3. The van der Waals surface area contributed by atoms with E-state index in [1.54, 1.807) is 6.08 Å². The molecule has 1 aromatic carbocycles. The van der Waals surface area contributed by atoms with Crippen LogP contribution in [-0.2, 0) is 6.18 Å². The fourth-order valence-corrected chi connectivity index (χ4v) is 2.29. The van der Waals surface area contributed by atoms with Gasteiger partial charge in [-0.1, -0.05) is 24.4 Å². The fourth-order valence-electron chi connectivity index (χ4n) is 2.29. The molecule has 1 saturated heterocycles. The van der Waals surface area contributed by atoms with Gasteiger partial charge in [-0.3, -0.25) is 0 Å². The van der Waals surface area contributed by atoms with Gasteiger partial charge in [-0.05, 0) is 29.1 Å². The number of hydrogen-bond acceptors (Lipinski definition) is 2. The number of nitrogens with two attached hydrogens (primary N) is 2. The third-order valence-corrected chi connectivity index (χ3v) is 3.81. The molecule has 0 aromatic heterocycles. The number of fused-ring (bicyclic) bond motifs is 1. The number of anilines is 1. The second-order valence-corrected chi connectivity index (χ2v) is 5.36. The molecule has 0 amide bonds. The predicted octanol–water partition coefficient (Wildman–Crippen LogP) is 2.91. The Bertz CT molecular complexity index is 547. The van der Waals surface area contributed by atoms with E-state index in [0.717, 1.165) is 18.6 Å². The van der Waals surface area contributed by atoms with Crippen molar-refractivity contribution in [1.29, 1.82) is 0 Å². The maximum atomic E-state index is 12.7. The van der Waals surface area contributed by atoms with E-state index in [2.05, 4.69) is 7.28 Å². The summed E-state index contributed by atoms with van der Waals surface area (Å²) in [6, 6.07) is 2.91. The highest BCUT2D eigenvalue weighted by molar-refractivity contribution is 6.63. The molecule has 1 aromatic rings. The molecule has 19 heavy (non-hydrogen) atoms. The average Bonchev–Trinajstić information content (AvgIpc) is 3.12. The highest BCUT2D eigenvalue weighted by Gasteiger charge is 2.67. The maximum Gasteiger partial charge on any atom is 0.416 e. The number of allylic oxidation sites excluding steroid dienone is 1. The van der Waals surface area contributed by atoms with Crippen molar-refractivity contribution in [2.45, 2.75) is 29.8 Å². The first-order valence-electron chi connectivity index (χ1n) is 6.09. The van der Waals surface area contributed by atoms with Crippen LogP contribution in [0.4, 0.5) is 18.9 Å². The molecule has 99 valence electrons. The van der Waals surface area contributed by atoms with Crippen molar-refractivity contribution in [1.82, 2.24) is 0 Å². The molecule has 3 rings (SSSR count). The van der Waals surface area contributed by atoms with Gasteiger partial charge >= 0.3 is 6.18 Å².